The fourth-order valence-corrected chi connectivity index (χ4v) is 5.22. The summed E-state index contributed by atoms with van der Waals surface area (Å²) >= 11 is 1.68. The van der Waals surface area contributed by atoms with Crippen molar-refractivity contribution in [1.82, 2.24) is 0 Å². The van der Waals surface area contributed by atoms with Crippen LogP contribution in [0.25, 0.3) is 0 Å². The number of benzene rings is 2. The number of hydrogen-bond acceptors (Lipinski definition) is 4. The van der Waals surface area contributed by atoms with Gasteiger partial charge in [0.2, 0.25) is 0 Å². The Bertz CT molecular complexity index is 765. The van der Waals surface area contributed by atoms with E-state index in [4.69, 9.17) is 9.47 Å². The molecule has 0 N–H and O–H groups in total. The maximum absolute atomic E-state index is 12.6. The van der Waals surface area contributed by atoms with Crippen molar-refractivity contribution in [3.05, 3.63) is 54.6 Å². The number of carbonyl (C=O) groups is 1. The average molecular weight is 413 g/mol. The predicted octanol–water partition coefficient (Wildman–Crippen LogP) is 6.90. The van der Waals surface area contributed by atoms with Gasteiger partial charge in [-0.15, -0.1) is 0 Å². The molecular formula is C25H32O3S. The van der Waals surface area contributed by atoms with Crippen LogP contribution < -0.4 is 4.74 Å². The van der Waals surface area contributed by atoms with E-state index in [2.05, 4.69) is 26.0 Å². The van der Waals surface area contributed by atoms with Crippen molar-refractivity contribution >= 4 is 17.7 Å². The van der Waals surface area contributed by atoms with Crippen LogP contribution in [0.4, 0.5) is 0 Å². The molecule has 1 fully saturated rings. The molecule has 0 bridgehead atoms. The van der Waals surface area contributed by atoms with Gasteiger partial charge in [0.1, 0.15) is 11.4 Å². The summed E-state index contributed by atoms with van der Waals surface area (Å²) < 4.78 is 11.8. The van der Waals surface area contributed by atoms with E-state index in [0.717, 1.165) is 30.6 Å². The lowest BCUT2D eigenvalue weighted by Crippen LogP contribution is -2.43. The molecule has 0 saturated heterocycles. The largest absolute Gasteiger partial charge is 0.482 e. The van der Waals surface area contributed by atoms with Gasteiger partial charge in [0.25, 0.3) is 0 Å². The molecule has 0 aromatic heterocycles. The second-order valence-corrected chi connectivity index (χ2v) is 8.91. The Morgan fingerprint density at radius 1 is 0.966 bits per heavy atom. The molecule has 0 heterocycles. The number of rotatable bonds is 9. The van der Waals surface area contributed by atoms with E-state index in [9.17, 15) is 4.79 Å². The predicted molar refractivity (Wildman–Crippen MR) is 118 cm³/mol. The normalized spacial score (nSPS) is 15.1. The molecule has 1 saturated carbocycles. The third kappa shape index (κ3) is 6.02. The maximum Gasteiger partial charge on any atom is 0.344 e. The van der Waals surface area contributed by atoms with Gasteiger partial charge in [0.05, 0.1) is 0 Å². The van der Waals surface area contributed by atoms with Crippen molar-refractivity contribution in [2.75, 3.05) is 6.61 Å². The van der Waals surface area contributed by atoms with Crippen molar-refractivity contribution in [3.8, 4) is 5.75 Å². The first kappa shape index (κ1) is 21.8. The van der Waals surface area contributed by atoms with Gasteiger partial charge in [-0.05, 0) is 61.9 Å². The van der Waals surface area contributed by atoms with Crippen LogP contribution in [0.5, 0.6) is 5.75 Å². The van der Waals surface area contributed by atoms with Gasteiger partial charge in [0.15, 0.2) is 6.61 Å². The zero-order chi connectivity index (χ0) is 20.5. The van der Waals surface area contributed by atoms with Crippen LogP contribution in [0, 0.1) is 5.92 Å². The maximum atomic E-state index is 12.6. The van der Waals surface area contributed by atoms with E-state index in [0.29, 0.717) is 11.7 Å². The van der Waals surface area contributed by atoms with Gasteiger partial charge >= 0.3 is 5.97 Å². The smallest absolute Gasteiger partial charge is 0.344 e. The van der Waals surface area contributed by atoms with Gasteiger partial charge in [-0.3, -0.25) is 0 Å². The van der Waals surface area contributed by atoms with Crippen molar-refractivity contribution in [2.24, 2.45) is 5.92 Å². The molecule has 0 spiro atoms. The molecule has 0 atom stereocenters. The number of hydrogen-bond donors (Lipinski definition) is 0. The summed E-state index contributed by atoms with van der Waals surface area (Å²) in [7, 11) is 0. The SMILES string of the molecule is CCC(CC)(OC(=O)COc1cccc(Sc2ccccc2)c1)C1CCCCC1. The molecule has 3 rings (SSSR count). The molecule has 3 nitrogen and oxygen atoms in total. The first-order chi connectivity index (χ1) is 14.1. The molecule has 156 valence electrons. The van der Waals surface area contributed by atoms with Crippen LogP contribution in [0.2, 0.25) is 0 Å². The monoisotopic (exact) mass is 412 g/mol. The van der Waals surface area contributed by atoms with E-state index in [1.807, 2.05) is 42.5 Å². The lowest BCUT2D eigenvalue weighted by Gasteiger charge is -2.41. The zero-order valence-corrected chi connectivity index (χ0v) is 18.4. The summed E-state index contributed by atoms with van der Waals surface area (Å²) in [5, 5.41) is 0. The Morgan fingerprint density at radius 3 is 2.34 bits per heavy atom. The van der Waals surface area contributed by atoms with E-state index in [1.165, 1.54) is 24.2 Å². The van der Waals surface area contributed by atoms with Crippen LogP contribution in [0.3, 0.4) is 0 Å². The minimum absolute atomic E-state index is 0.0477. The molecule has 1 aliphatic rings. The lowest BCUT2D eigenvalue weighted by molar-refractivity contribution is -0.172. The van der Waals surface area contributed by atoms with E-state index < -0.39 is 0 Å². The Labute approximate surface area is 179 Å². The molecule has 0 radical (unpaired) electrons. The Hall–Kier alpha value is -1.94. The highest BCUT2D eigenvalue weighted by Crippen LogP contribution is 2.39. The highest BCUT2D eigenvalue weighted by Gasteiger charge is 2.39. The average Bonchev–Trinajstić information content (AvgIpc) is 2.78. The lowest BCUT2D eigenvalue weighted by atomic mass is 9.74. The Balaban J connectivity index is 1.57. The van der Waals surface area contributed by atoms with E-state index in [1.54, 1.807) is 11.8 Å². The second kappa shape index (κ2) is 10.7. The van der Waals surface area contributed by atoms with Gasteiger partial charge in [-0.2, -0.15) is 0 Å². The number of esters is 1. The third-order valence-corrected chi connectivity index (χ3v) is 7.00. The molecule has 0 amide bonds. The summed E-state index contributed by atoms with van der Waals surface area (Å²) in [4.78, 5) is 14.9. The number of ether oxygens (including phenoxy) is 2. The molecule has 2 aromatic rings. The van der Waals surface area contributed by atoms with Crippen molar-refractivity contribution in [3.63, 3.8) is 0 Å². The summed E-state index contributed by atoms with van der Waals surface area (Å²) in [5.41, 5.74) is -0.341. The highest BCUT2D eigenvalue weighted by molar-refractivity contribution is 7.99. The molecule has 0 aliphatic heterocycles. The summed E-state index contributed by atoms with van der Waals surface area (Å²) in [6.07, 6.45) is 7.84. The standard InChI is InChI=1S/C25H32O3S/c1-3-25(4-2,20-12-7-5-8-13-20)28-24(26)19-27-21-14-11-17-23(18-21)29-22-15-9-6-10-16-22/h6,9-11,14-18,20H,3-5,7-8,12-13,19H2,1-2H3. The zero-order valence-electron chi connectivity index (χ0n) is 17.6. The van der Waals surface area contributed by atoms with Gasteiger partial charge in [-0.25, -0.2) is 4.79 Å². The van der Waals surface area contributed by atoms with Crippen molar-refractivity contribution in [1.29, 1.82) is 0 Å². The van der Waals surface area contributed by atoms with Crippen LogP contribution in [-0.4, -0.2) is 18.2 Å². The Kier molecular flexibility index (Phi) is 8.05. The molecular weight excluding hydrogens is 380 g/mol. The molecule has 0 unspecified atom stereocenters. The minimum Gasteiger partial charge on any atom is -0.482 e. The summed E-state index contributed by atoms with van der Waals surface area (Å²) in [5.74, 6) is 0.903. The molecule has 1 aliphatic carbocycles. The van der Waals surface area contributed by atoms with Crippen LogP contribution in [0.15, 0.2) is 64.4 Å². The molecule has 4 heteroatoms. The molecule has 29 heavy (non-hydrogen) atoms. The van der Waals surface area contributed by atoms with Crippen molar-refractivity contribution in [2.45, 2.75) is 74.2 Å². The van der Waals surface area contributed by atoms with E-state index in [-0.39, 0.29) is 18.2 Å². The second-order valence-electron chi connectivity index (χ2n) is 7.76. The van der Waals surface area contributed by atoms with Crippen molar-refractivity contribution < 1.29 is 14.3 Å². The first-order valence-corrected chi connectivity index (χ1v) is 11.6. The van der Waals surface area contributed by atoms with E-state index >= 15 is 0 Å². The number of carbonyl (C=O) groups excluding carboxylic acids is 1. The highest BCUT2D eigenvalue weighted by atomic mass is 32.2. The van der Waals surface area contributed by atoms with Crippen LogP contribution in [-0.2, 0) is 9.53 Å². The summed E-state index contributed by atoms with van der Waals surface area (Å²) in [6.45, 7) is 4.22. The van der Waals surface area contributed by atoms with Gasteiger partial charge in [0, 0.05) is 9.79 Å². The van der Waals surface area contributed by atoms with Crippen LogP contribution in [0.1, 0.15) is 58.8 Å². The first-order valence-electron chi connectivity index (χ1n) is 10.8. The quantitative estimate of drug-likeness (QED) is 0.420. The fourth-order valence-electron chi connectivity index (χ4n) is 4.33. The Morgan fingerprint density at radius 2 is 1.66 bits per heavy atom. The van der Waals surface area contributed by atoms with Gasteiger partial charge < -0.3 is 9.47 Å². The minimum atomic E-state index is -0.341. The van der Waals surface area contributed by atoms with Gasteiger partial charge in [-0.1, -0.05) is 69.1 Å². The third-order valence-electron chi connectivity index (χ3n) is 6.00. The topological polar surface area (TPSA) is 35.5 Å². The fraction of sp³-hybridized carbons (Fsp3) is 0.480. The summed E-state index contributed by atoms with van der Waals surface area (Å²) in [6, 6.07) is 18.1. The molecule has 2 aromatic carbocycles. The van der Waals surface area contributed by atoms with Crippen LogP contribution >= 0.6 is 11.8 Å².